The summed E-state index contributed by atoms with van der Waals surface area (Å²) in [6.07, 6.45) is 1.92. The fourth-order valence-electron chi connectivity index (χ4n) is 0.779. The van der Waals surface area contributed by atoms with Crippen molar-refractivity contribution in [2.45, 2.75) is 13.3 Å². The van der Waals surface area contributed by atoms with Crippen LogP contribution in [0.5, 0.6) is 0 Å². The maximum Gasteiger partial charge on any atom is 0.143 e. The molecule has 1 aromatic heterocycles. The molecule has 0 fully saturated rings. The van der Waals surface area contributed by atoms with Gasteiger partial charge in [0.05, 0.1) is 17.6 Å². The summed E-state index contributed by atoms with van der Waals surface area (Å²) < 4.78 is 12.3. The van der Waals surface area contributed by atoms with Gasteiger partial charge in [-0.25, -0.2) is 4.39 Å². The first kappa shape index (κ1) is 6.99. The largest absolute Gasteiger partial charge is 0.397 e. The number of nitrogen functional groups attached to an aromatic ring is 1. The minimum absolute atomic E-state index is 0.380. The Bertz CT molecular complexity index is 235. The highest BCUT2D eigenvalue weighted by Crippen LogP contribution is 2.09. The number of pyridine rings is 1. The molecular formula is C7H9FN2. The molecule has 0 atom stereocenters. The number of rotatable bonds is 1. The van der Waals surface area contributed by atoms with Gasteiger partial charge in [0.2, 0.25) is 0 Å². The van der Waals surface area contributed by atoms with Crippen molar-refractivity contribution in [1.29, 1.82) is 0 Å². The quantitative estimate of drug-likeness (QED) is 0.639. The number of anilines is 1. The fourth-order valence-corrected chi connectivity index (χ4v) is 0.779. The molecule has 0 amide bonds. The normalized spacial score (nSPS) is 9.80. The lowest BCUT2D eigenvalue weighted by Crippen LogP contribution is -1.96. The van der Waals surface area contributed by atoms with E-state index in [1.807, 2.05) is 6.92 Å². The van der Waals surface area contributed by atoms with Gasteiger partial charge in [-0.05, 0) is 6.42 Å². The molecule has 0 spiro atoms. The van der Waals surface area contributed by atoms with E-state index in [9.17, 15) is 4.39 Å². The summed E-state index contributed by atoms with van der Waals surface area (Å²) in [5.74, 6) is -0.380. The van der Waals surface area contributed by atoms with Crippen LogP contribution >= 0.6 is 0 Å². The van der Waals surface area contributed by atoms with E-state index in [1.165, 1.54) is 12.3 Å². The second-order valence-corrected chi connectivity index (χ2v) is 2.04. The first-order valence-electron chi connectivity index (χ1n) is 3.14. The zero-order valence-corrected chi connectivity index (χ0v) is 5.76. The van der Waals surface area contributed by atoms with E-state index in [0.29, 0.717) is 5.69 Å². The van der Waals surface area contributed by atoms with Gasteiger partial charge >= 0.3 is 0 Å². The van der Waals surface area contributed by atoms with Gasteiger partial charge in [-0.15, -0.1) is 0 Å². The van der Waals surface area contributed by atoms with Gasteiger partial charge in [-0.2, -0.15) is 0 Å². The molecule has 10 heavy (non-hydrogen) atoms. The van der Waals surface area contributed by atoms with Gasteiger partial charge < -0.3 is 5.73 Å². The third kappa shape index (κ3) is 1.23. The molecule has 0 saturated heterocycles. The minimum atomic E-state index is -0.380. The van der Waals surface area contributed by atoms with E-state index < -0.39 is 0 Å². The monoisotopic (exact) mass is 140 g/mol. The van der Waals surface area contributed by atoms with Crippen molar-refractivity contribution in [2.24, 2.45) is 0 Å². The van der Waals surface area contributed by atoms with Crippen LogP contribution < -0.4 is 5.73 Å². The fraction of sp³-hybridized carbons (Fsp3) is 0.286. The molecule has 0 bridgehead atoms. The summed E-state index contributed by atoms with van der Waals surface area (Å²) in [7, 11) is 0. The topological polar surface area (TPSA) is 38.9 Å². The number of nitrogens with zero attached hydrogens (tertiary/aromatic N) is 1. The van der Waals surface area contributed by atoms with Crippen molar-refractivity contribution in [3.63, 3.8) is 0 Å². The molecule has 2 nitrogen and oxygen atoms in total. The Morgan fingerprint density at radius 3 is 2.90 bits per heavy atom. The summed E-state index contributed by atoms with van der Waals surface area (Å²) in [5, 5.41) is 0. The average molecular weight is 140 g/mol. The van der Waals surface area contributed by atoms with E-state index in [1.54, 1.807) is 0 Å². The molecule has 0 saturated carbocycles. The van der Waals surface area contributed by atoms with Crippen LogP contribution in [0.4, 0.5) is 10.1 Å². The van der Waals surface area contributed by atoms with Gasteiger partial charge in [0.25, 0.3) is 0 Å². The summed E-state index contributed by atoms with van der Waals surface area (Å²) in [4.78, 5) is 3.80. The summed E-state index contributed by atoms with van der Waals surface area (Å²) in [6.45, 7) is 1.93. The lowest BCUT2D eigenvalue weighted by atomic mass is 10.2. The smallest absolute Gasteiger partial charge is 0.143 e. The highest BCUT2D eigenvalue weighted by atomic mass is 19.1. The van der Waals surface area contributed by atoms with Crippen LogP contribution in [0.2, 0.25) is 0 Å². The van der Waals surface area contributed by atoms with Crippen LogP contribution in [-0.4, -0.2) is 4.98 Å². The number of hydrogen-bond donors (Lipinski definition) is 1. The molecule has 1 rings (SSSR count). The Balaban J connectivity index is 3.07. The molecule has 1 aromatic rings. The third-order valence-electron chi connectivity index (χ3n) is 1.31. The number of aromatic nitrogens is 1. The summed E-state index contributed by atoms with van der Waals surface area (Å²) in [5.41, 5.74) is 6.61. The lowest BCUT2D eigenvalue weighted by Gasteiger charge is -1.99. The van der Waals surface area contributed by atoms with Gasteiger partial charge in [-0.3, -0.25) is 4.98 Å². The van der Waals surface area contributed by atoms with Crippen molar-refractivity contribution in [3.8, 4) is 0 Å². The van der Waals surface area contributed by atoms with Crippen LogP contribution in [0.1, 0.15) is 12.6 Å². The molecule has 3 heteroatoms. The van der Waals surface area contributed by atoms with E-state index in [2.05, 4.69) is 4.98 Å². The van der Waals surface area contributed by atoms with Crippen LogP contribution in [-0.2, 0) is 6.42 Å². The van der Waals surface area contributed by atoms with Crippen molar-refractivity contribution in [3.05, 3.63) is 23.8 Å². The molecule has 0 aliphatic carbocycles. The predicted octanol–water partition coefficient (Wildman–Crippen LogP) is 1.37. The third-order valence-corrected chi connectivity index (χ3v) is 1.31. The van der Waals surface area contributed by atoms with E-state index in [0.717, 1.165) is 12.1 Å². The molecule has 0 aliphatic rings. The minimum Gasteiger partial charge on any atom is -0.397 e. The molecular weight excluding hydrogens is 131 g/mol. The van der Waals surface area contributed by atoms with Crippen LogP contribution in [0.25, 0.3) is 0 Å². The van der Waals surface area contributed by atoms with E-state index >= 15 is 0 Å². The standard InChI is InChI=1S/C7H9FN2/c1-2-7-6(9)3-5(8)4-10-7/h3-4H,2,9H2,1H3. The average Bonchev–Trinajstić information content (AvgIpc) is 1.88. The van der Waals surface area contributed by atoms with Crippen molar-refractivity contribution in [2.75, 3.05) is 5.73 Å². The van der Waals surface area contributed by atoms with E-state index in [4.69, 9.17) is 5.73 Å². The molecule has 54 valence electrons. The van der Waals surface area contributed by atoms with Crippen LogP contribution in [0.3, 0.4) is 0 Å². The molecule has 0 aromatic carbocycles. The van der Waals surface area contributed by atoms with Gasteiger partial charge in [0, 0.05) is 6.07 Å². The van der Waals surface area contributed by atoms with Gasteiger partial charge in [-0.1, -0.05) is 6.92 Å². The maximum atomic E-state index is 12.3. The van der Waals surface area contributed by atoms with Gasteiger partial charge in [0.15, 0.2) is 0 Å². The number of aryl methyl sites for hydroxylation is 1. The number of halogens is 1. The van der Waals surface area contributed by atoms with Crippen molar-refractivity contribution in [1.82, 2.24) is 4.98 Å². The SMILES string of the molecule is CCc1ncc(F)cc1N. The second kappa shape index (κ2) is 2.64. The van der Waals surface area contributed by atoms with Gasteiger partial charge in [0.1, 0.15) is 5.82 Å². The molecule has 0 aliphatic heterocycles. The summed E-state index contributed by atoms with van der Waals surface area (Å²) in [6, 6.07) is 1.28. The van der Waals surface area contributed by atoms with Crippen molar-refractivity contribution < 1.29 is 4.39 Å². The Morgan fingerprint density at radius 2 is 2.40 bits per heavy atom. The van der Waals surface area contributed by atoms with Crippen LogP contribution in [0.15, 0.2) is 12.3 Å². The Morgan fingerprint density at radius 1 is 1.70 bits per heavy atom. The predicted molar refractivity (Wildman–Crippen MR) is 38.0 cm³/mol. The highest BCUT2D eigenvalue weighted by molar-refractivity contribution is 5.42. The van der Waals surface area contributed by atoms with Crippen molar-refractivity contribution >= 4 is 5.69 Å². The first-order chi connectivity index (χ1) is 4.74. The summed E-state index contributed by atoms with van der Waals surface area (Å²) >= 11 is 0. The Kier molecular flexibility index (Phi) is 1.85. The van der Waals surface area contributed by atoms with Crippen LogP contribution in [0, 0.1) is 5.82 Å². The first-order valence-corrected chi connectivity index (χ1v) is 3.14. The van der Waals surface area contributed by atoms with E-state index in [-0.39, 0.29) is 5.82 Å². The zero-order valence-electron chi connectivity index (χ0n) is 5.76. The molecule has 0 unspecified atom stereocenters. The Labute approximate surface area is 58.9 Å². The highest BCUT2D eigenvalue weighted by Gasteiger charge is 1.97. The number of hydrogen-bond acceptors (Lipinski definition) is 2. The maximum absolute atomic E-state index is 12.3. The molecule has 2 N–H and O–H groups in total. The lowest BCUT2D eigenvalue weighted by molar-refractivity contribution is 0.620. The number of nitrogens with two attached hydrogens (primary N) is 1. The molecule has 1 heterocycles. The molecule has 0 radical (unpaired) electrons. The second-order valence-electron chi connectivity index (χ2n) is 2.04. The Hall–Kier alpha value is -1.12. The zero-order chi connectivity index (χ0) is 7.56.